The summed E-state index contributed by atoms with van der Waals surface area (Å²) in [5.74, 6) is -0.281. The minimum absolute atomic E-state index is 0.0396. The van der Waals surface area contributed by atoms with E-state index in [1.807, 2.05) is 24.3 Å². The number of anilines is 1. The molecule has 0 spiro atoms. The van der Waals surface area contributed by atoms with Gasteiger partial charge in [-0.2, -0.15) is 0 Å². The maximum Gasteiger partial charge on any atom is 0.234 e. The van der Waals surface area contributed by atoms with E-state index in [9.17, 15) is 9.18 Å². The molecule has 0 bridgehead atoms. The molecule has 4 nitrogen and oxygen atoms in total. The van der Waals surface area contributed by atoms with Crippen LogP contribution in [0.3, 0.4) is 0 Å². The van der Waals surface area contributed by atoms with Crippen LogP contribution in [0.2, 0.25) is 5.02 Å². The average molecular weight is 376 g/mol. The third-order valence-corrected chi connectivity index (χ3v) is 4.87. The molecule has 0 radical (unpaired) electrons. The Balaban J connectivity index is 1.43. The minimum atomic E-state index is -0.242. The summed E-state index contributed by atoms with van der Waals surface area (Å²) >= 11 is 6.05. The molecular formula is C20H23ClFN3O. The fourth-order valence-electron chi connectivity index (χ4n) is 3.04. The van der Waals surface area contributed by atoms with Crippen LogP contribution in [0.25, 0.3) is 0 Å². The van der Waals surface area contributed by atoms with E-state index in [-0.39, 0.29) is 11.7 Å². The zero-order valence-electron chi connectivity index (χ0n) is 14.8. The highest BCUT2D eigenvalue weighted by molar-refractivity contribution is 6.30. The molecule has 26 heavy (non-hydrogen) atoms. The number of hydrogen-bond acceptors (Lipinski definition) is 3. The second-order valence-corrected chi connectivity index (χ2v) is 7.04. The lowest BCUT2D eigenvalue weighted by Gasteiger charge is -2.35. The lowest BCUT2D eigenvalue weighted by molar-refractivity contribution is -0.122. The van der Waals surface area contributed by atoms with Gasteiger partial charge in [-0.1, -0.05) is 29.8 Å². The summed E-state index contributed by atoms with van der Waals surface area (Å²) in [4.78, 5) is 16.6. The van der Waals surface area contributed by atoms with Gasteiger partial charge >= 0.3 is 0 Å². The zero-order valence-corrected chi connectivity index (χ0v) is 15.6. The zero-order chi connectivity index (χ0) is 18.5. The molecule has 138 valence electrons. The van der Waals surface area contributed by atoms with Crippen molar-refractivity contribution in [3.63, 3.8) is 0 Å². The molecule has 1 N–H and O–H groups in total. The molecule has 3 rings (SSSR count). The van der Waals surface area contributed by atoms with Gasteiger partial charge in [0.15, 0.2) is 0 Å². The largest absolute Gasteiger partial charge is 0.369 e. The first-order chi connectivity index (χ1) is 12.5. The molecule has 1 saturated heterocycles. The number of halogens is 2. The van der Waals surface area contributed by atoms with Crippen molar-refractivity contribution in [1.29, 1.82) is 0 Å². The van der Waals surface area contributed by atoms with Gasteiger partial charge in [-0.3, -0.25) is 9.69 Å². The average Bonchev–Trinajstić information content (AvgIpc) is 2.63. The Morgan fingerprint density at radius 1 is 1.15 bits per heavy atom. The number of nitrogens with one attached hydrogen (secondary N) is 1. The number of carbonyl (C=O) groups excluding carboxylic acids is 1. The number of amides is 1. The molecule has 0 unspecified atom stereocenters. The SMILES string of the molecule is Cc1ccc(CNC(=O)CN2CCN(c3cccc(Cl)c3)CC2)cc1F. The van der Waals surface area contributed by atoms with Crippen LogP contribution in [0.5, 0.6) is 0 Å². The molecule has 6 heteroatoms. The molecule has 0 aliphatic carbocycles. The fraction of sp³-hybridized carbons (Fsp3) is 0.350. The van der Waals surface area contributed by atoms with E-state index in [4.69, 9.17) is 11.6 Å². The van der Waals surface area contributed by atoms with Crippen LogP contribution in [0.15, 0.2) is 42.5 Å². The van der Waals surface area contributed by atoms with E-state index < -0.39 is 0 Å². The molecule has 0 saturated carbocycles. The molecule has 1 heterocycles. The number of hydrogen-bond donors (Lipinski definition) is 1. The monoisotopic (exact) mass is 375 g/mol. The first-order valence-corrected chi connectivity index (χ1v) is 9.13. The summed E-state index contributed by atoms with van der Waals surface area (Å²) in [5.41, 5.74) is 2.49. The van der Waals surface area contributed by atoms with Crippen molar-refractivity contribution in [3.8, 4) is 0 Å². The van der Waals surface area contributed by atoms with Crippen LogP contribution in [0, 0.1) is 12.7 Å². The molecule has 1 fully saturated rings. The lowest BCUT2D eigenvalue weighted by Crippen LogP contribution is -2.49. The number of nitrogens with zero attached hydrogens (tertiary/aromatic N) is 2. The fourth-order valence-corrected chi connectivity index (χ4v) is 3.23. The number of benzene rings is 2. The van der Waals surface area contributed by atoms with Gasteiger partial charge < -0.3 is 10.2 Å². The predicted octanol–water partition coefficient (Wildman–Crippen LogP) is 3.23. The summed E-state index contributed by atoms with van der Waals surface area (Å²) < 4.78 is 13.5. The first kappa shape index (κ1) is 18.7. The summed E-state index contributed by atoms with van der Waals surface area (Å²) in [6, 6.07) is 12.9. The number of rotatable bonds is 5. The molecule has 2 aromatic rings. The Bertz CT molecular complexity index is 775. The second-order valence-electron chi connectivity index (χ2n) is 6.60. The highest BCUT2D eigenvalue weighted by atomic mass is 35.5. The van der Waals surface area contributed by atoms with Gasteiger partial charge in [0.25, 0.3) is 0 Å². The summed E-state index contributed by atoms with van der Waals surface area (Å²) in [5, 5.41) is 3.60. The molecule has 1 aliphatic rings. The Labute approximate surface area is 158 Å². The Kier molecular flexibility index (Phi) is 6.12. The molecular weight excluding hydrogens is 353 g/mol. The third-order valence-electron chi connectivity index (χ3n) is 4.64. The van der Waals surface area contributed by atoms with Crippen LogP contribution < -0.4 is 10.2 Å². The summed E-state index contributed by atoms with van der Waals surface area (Å²) in [7, 11) is 0. The lowest BCUT2D eigenvalue weighted by atomic mass is 10.1. The van der Waals surface area contributed by atoms with Crippen LogP contribution in [-0.4, -0.2) is 43.5 Å². The van der Waals surface area contributed by atoms with E-state index in [1.165, 1.54) is 6.07 Å². The van der Waals surface area contributed by atoms with Gasteiger partial charge in [0.1, 0.15) is 5.82 Å². The predicted molar refractivity (Wildman–Crippen MR) is 103 cm³/mol. The molecule has 2 aromatic carbocycles. The van der Waals surface area contributed by atoms with E-state index >= 15 is 0 Å². The Morgan fingerprint density at radius 2 is 1.92 bits per heavy atom. The smallest absolute Gasteiger partial charge is 0.234 e. The van der Waals surface area contributed by atoms with Crippen molar-refractivity contribution in [3.05, 3.63) is 64.4 Å². The van der Waals surface area contributed by atoms with Crippen molar-refractivity contribution in [1.82, 2.24) is 10.2 Å². The number of aryl methyl sites for hydroxylation is 1. The van der Waals surface area contributed by atoms with Gasteiger partial charge in [-0.25, -0.2) is 4.39 Å². The van der Waals surface area contributed by atoms with Crippen molar-refractivity contribution >= 4 is 23.2 Å². The second kappa shape index (κ2) is 8.52. The van der Waals surface area contributed by atoms with Crippen molar-refractivity contribution in [2.45, 2.75) is 13.5 Å². The highest BCUT2D eigenvalue weighted by Gasteiger charge is 2.19. The minimum Gasteiger partial charge on any atom is -0.369 e. The normalized spacial score (nSPS) is 15.1. The highest BCUT2D eigenvalue weighted by Crippen LogP contribution is 2.20. The standard InChI is InChI=1S/C20H23ClFN3O/c1-15-5-6-16(11-19(15)22)13-23-20(26)14-24-7-9-25(10-8-24)18-4-2-3-17(21)12-18/h2-6,11-12H,7-10,13-14H2,1H3,(H,23,26). The number of carbonyl (C=O) groups is 1. The summed E-state index contributed by atoms with van der Waals surface area (Å²) in [6.07, 6.45) is 0. The van der Waals surface area contributed by atoms with E-state index in [1.54, 1.807) is 13.0 Å². The molecule has 1 amide bonds. The maximum atomic E-state index is 13.5. The van der Waals surface area contributed by atoms with E-state index in [0.717, 1.165) is 42.5 Å². The quantitative estimate of drug-likeness (QED) is 0.871. The van der Waals surface area contributed by atoms with E-state index in [2.05, 4.69) is 21.2 Å². The van der Waals surface area contributed by atoms with Gasteiger partial charge in [-0.15, -0.1) is 0 Å². The van der Waals surface area contributed by atoms with Crippen LogP contribution >= 0.6 is 11.6 Å². The molecule has 0 atom stereocenters. The Hall–Kier alpha value is -2.11. The van der Waals surface area contributed by atoms with Crippen molar-refractivity contribution in [2.24, 2.45) is 0 Å². The first-order valence-electron chi connectivity index (χ1n) is 8.76. The van der Waals surface area contributed by atoms with Gasteiger partial charge in [0, 0.05) is 43.4 Å². The van der Waals surface area contributed by atoms with Crippen LogP contribution in [0.1, 0.15) is 11.1 Å². The van der Waals surface area contributed by atoms with Crippen molar-refractivity contribution in [2.75, 3.05) is 37.6 Å². The maximum absolute atomic E-state index is 13.5. The van der Waals surface area contributed by atoms with Gasteiger partial charge in [0.2, 0.25) is 5.91 Å². The van der Waals surface area contributed by atoms with Crippen LogP contribution in [0.4, 0.5) is 10.1 Å². The number of piperazine rings is 1. The molecule has 1 aliphatic heterocycles. The molecule has 0 aromatic heterocycles. The van der Waals surface area contributed by atoms with Gasteiger partial charge in [-0.05, 0) is 42.3 Å². The van der Waals surface area contributed by atoms with E-state index in [0.29, 0.717) is 18.7 Å². The van der Waals surface area contributed by atoms with Crippen LogP contribution in [-0.2, 0) is 11.3 Å². The Morgan fingerprint density at radius 3 is 2.62 bits per heavy atom. The van der Waals surface area contributed by atoms with Gasteiger partial charge in [0.05, 0.1) is 6.54 Å². The third kappa shape index (κ3) is 4.96. The topological polar surface area (TPSA) is 35.6 Å². The summed E-state index contributed by atoms with van der Waals surface area (Å²) in [6.45, 7) is 5.78. The van der Waals surface area contributed by atoms with Crippen molar-refractivity contribution < 1.29 is 9.18 Å².